The molecule has 0 atom stereocenters. The van der Waals surface area contributed by atoms with Gasteiger partial charge in [0.25, 0.3) is 0 Å². The number of nitrogens with zero attached hydrogens (tertiary/aromatic N) is 2. The van der Waals surface area contributed by atoms with E-state index >= 15 is 0 Å². The van der Waals surface area contributed by atoms with Crippen LogP contribution in [0, 0.1) is 0 Å². The highest BCUT2D eigenvalue weighted by Crippen LogP contribution is 2.33. The third-order valence-electron chi connectivity index (χ3n) is 3.47. The van der Waals surface area contributed by atoms with Gasteiger partial charge < -0.3 is 5.73 Å². The number of benzene rings is 1. The normalized spacial score (nSPS) is 11.0. The van der Waals surface area contributed by atoms with Crippen LogP contribution in [-0.2, 0) is 26.4 Å². The van der Waals surface area contributed by atoms with Gasteiger partial charge >= 0.3 is 0 Å². The Hall–Kier alpha value is -1.32. The SMILES string of the molecule is CCc1nn(C)c(CC)c1-c1cc(Cl)ccc1CN. The van der Waals surface area contributed by atoms with Crippen LogP contribution in [0.4, 0.5) is 0 Å². The lowest BCUT2D eigenvalue weighted by molar-refractivity contribution is 0.705. The fraction of sp³-hybridized carbons (Fsp3) is 0.400. The van der Waals surface area contributed by atoms with E-state index < -0.39 is 0 Å². The molecule has 1 aromatic heterocycles. The summed E-state index contributed by atoms with van der Waals surface area (Å²) in [7, 11) is 1.99. The molecule has 0 saturated heterocycles. The van der Waals surface area contributed by atoms with Gasteiger partial charge in [0.05, 0.1) is 5.69 Å². The number of hydrogen-bond acceptors (Lipinski definition) is 2. The van der Waals surface area contributed by atoms with Crippen molar-refractivity contribution < 1.29 is 0 Å². The maximum atomic E-state index is 6.15. The lowest BCUT2D eigenvalue weighted by Gasteiger charge is -2.11. The maximum Gasteiger partial charge on any atom is 0.0703 e. The lowest BCUT2D eigenvalue weighted by atomic mass is 9.96. The minimum absolute atomic E-state index is 0.508. The van der Waals surface area contributed by atoms with E-state index in [9.17, 15) is 0 Å². The van der Waals surface area contributed by atoms with E-state index in [1.807, 2.05) is 29.9 Å². The summed E-state index contributed by atoms with van der Waals surface area (Å²) in [6.07, 6.45) is 1.84. The molecule has 102 valence electrons. The number of nitrogens with two attached hydrogens (primary N) is 1. The zero-order valence-corrected chi connectivity index (χ0v) is 12.5. The molecule has 4 heteroatoms. The van der Waals surface area contributed by atoms with Crippen LogP contribution in [0.2, 0.25) is 5.02 Å². The van der Waals surface area contributed by atoms with Crippen LogP contribution in [0.15, 0.2) is 18.2 Å². The molecule has 2 N–H and O–H groups in total. The molecule has 0 spiro atoms. The Morgan fingerprint density at radius 1 is 1.26 bits per heavy atom. The average molecular weight is 278 g/mol. The molecule has 0 amide bonds. The zero-order chi connectivity index (χ0) is 14.0. The summed E-state index contributed by atoms with van der Waals surface area (Å²) in [5, 5.41) is 5.35. The summed E-state index contributed by atoms with van der Waals surface area (Å²) < 4.78 is 1.97. The molecule has 0 aliphatic rings. The van der Waals surface area contributed by atoms with Gasteiger partial charge in [0, 0.05) is 29.9 Å². The number of hydrogen-bond donors (Lipinski definition) is 1. The molecule has 0 saturated carbocycles. The van der Waals surface area contributed by atoms with Gasteiger partial charge in [0.15, 0.2) is 0 Å². The first kappa shape index (κ1) is 14.1. The summed E-state index contributed by atoms with van der Waals surface area (Å²) in [6, 6.07) is 5.89. The number of rotatable bonds is 4. The second-order valence-corrected chi connectivity index (χ2v) is 5.04. The molecule has 3 nitrogen and oxygen atoms in total. The molecule has 0 bridgehead atoms. The third kappa shape index (κ3) is 2.53. The Morgan fingerprint density at radius 3 is 2.58 bits per heavy atom. The quantitative estimate of drug-likeness (QED) is 0.932. The summed E-state index contributed by atoms with van der Waals surface area (Å²) in [5.74, 6) is 0. The molecule has 0 aliphatic heterocycles. The summed E-state index contributed by atoms with van der Waals surface area (Å²) in [5.41, 5.74) is 11.6. The van der Waals surface area contributed by atoms with E-state index in [1.54, 1.807) is 0 Å². The van der Waals surface area contributed by atoms with Crippen molar-refractivity contribution in [3.8, 4) is 11.1 Å². The topological polar surface area (TPSA) is 43.8 Å². The first-order chi connectivity index (χ1) is 9.12. The van der Waals surface area contributed by atoms with Crippen molar-refractivity contribution in [3.63, 3.8) is 0 Å². The molecule has 1 aromatic carbocycles. The van der Waals surface area contributed by atoms with Crippen LogP contribution in [0.5, 0.6) is 0 Å². The molecular weight excluding hydrogens is 258 g/mol. The molecule has 0 radical (unpaired) electrons. The van der Waals surface area contributed by atoms with Gasteiger partial charge in [-0.3, -0.25) is 4.68 Å². The van der Waals surface area contributed by atoms with Gasteiger partial charge in [-0.25, -0.2) is 0 Å². The smallest absolute Gasteiger partial charge is 0.0703 e. The summed E-state index contributed by atoms with van der Waals surface area (Å²) in [6.45, 7) is 4.78. The third-order valence-corrected chi connectivity index (χ3v) is 3.70. The maximum absolute atomic E-state index is 6.15. The second kappa shape index (κ2) is 5.76. The van der Waals surface area contributed by atoms with E-state index in [0.717, 1.165) is 34.7 Å². The van der Waals surface area contributed by atoms with E-state index in [2.05, 4.69) is 18.9 Å². The van der Waals surface area contributed by atoms with E-state index in [0.29, 0.717) is 6.54 Å². The van der Waals surface area contributed by atoms with Crippen molar-refractivity contribution in [3.05, 3.63) is 40.2 Å². The molecule has 0 unspecified atom stereocenters. The fourth-order valence-electron chi connectivity index (χ4n) is 2.54. The van der Waals surface area contributed by atoms with Crippen molar-refractivity contribution in [2.45, 2.75) is 33.2 Å². The van der Waals surface area contributed by atoms with Gasteiger partial charge in [-0.1, -0.05) is 31.5 Å². The van der Waals surface area contributed by atoms with Crippen LogP contribution in [0.25, 0.3) is 11.1 Å². The predicted molar refractivity (Wildman–Crippen MR) is 80.3 cm³/mol. The summed E-state index contributed by atoms with van der Waals surface area (Å²) in [4.78, 5) is 0. The van der Waals surface area contributed by atoms with Crippen molar-refractivity contribution in [2.24, 2.45) is 12.8 Å². The van der Waals surface area contributed by atoms with Crippen molar-refractivity contribution in [1.29, 1.82) is 0 Å². The standard InChI is InChI=1S/C15H20ClN3/c1-4-13-15(14(5-2)19(3)18-13)12-8-11(16)7-6-10(12)9-17/h6-8H,4-5,9,17H2,1-3H3. The molecular formula is C15H20ClN3. The van der Waals surface area contributed by atoms with Crippen molar-refractivity contribution in [2.75, 3.05) is 0 Å². The second-order valence-electron chi connectivity index (χ2n) is 4.60. The van der Waals surface area contributed by atoms with Crippen molar-refractivity contribution >= 4 is 11.6 Å². The van der Waals surface area contributed by atoms with Crippen LogP contribution in [-0.4, -0.2) is 9.78 Å². The Balaban J connectivity index is 2.73. The van der Waals surface area contributed by atoms with E-state index in [4.69, 9.17) is 17.3 Å². The number of aromatic nitrogens is 2. The lowest BCUT2D eigenvalue weighted by Crippen LogP contribution is -2.01. The van der Waals surface area contributed by atoms with Crippen LogP contribution >= 0.6 is 11.6 Å². The van der Waals surface area contributed by atoms with E-state index in [1.165, 1.54) is 11.3 Å². The Bertz CT molecular complexity index is 587. The molecule has 2 rings (SSSR count). The molecule has 0 aliphatic carbocycles. The Morgan fingerprint density at radius 2 is 2.00 bits per heavy atom. The monoisotopic (exact) mass is 277 g/mol. The minimum atomic E-state index is 0.508. The van der Waals surface area contributed by atoms with Gasteiger partial charge in [-0.2, -0.15) is 5.10 Å². The molecule has 19 heavy (non-hydrogen) atoms. The number of aryl methyl sites for hydroxylation is 2. The van der Waals surface area contributed by atoms with Crippen LogP contribution in [0.3, 0.4) is 0 Å². The Kier molecular flexibility index (Phi) is 4.27. The van der Waals surface area contributed by atoms with Crippen molar-refractivity contribution in [1.82, 2.24) is 9.78 Å². The van der Waals surface area contributed by atoms with Crippen LogP contribution in [0.1, 0.15) is 30.8 Å². The highest BCUT2D eigenvalue weighted by Gasteiger charge is 2.18. The summed E-state index contributed by atoms with van der Waals surface area (Å²) >= 11 is 6.15. The predicted octanol–water partition coefficient (Wildman–Crippen LogP) is 3.32. The Labute approximate surface area is 119 Å². The molecule has 1 heterocycles. The highest BCUT2D eigenvalue weighted by molar-refractivity contribution is 6.30. The van der Waals surface area contributed by atoms with Gasteiger partial charge in [-0.15, -0.1) is 0 Å². The van der Waals surface area contributed by atoms with Crippen LogP contribution < -0.4 is 5.73 Å². The number of halogens is 1. The fourth-order valence-corrected chi connectivity index (χ4v) is 2.72. The largest absolute Gasteiger partial charge is 0.326 e. The first-order valence-electron chi connectivity index (χ1n) is 6.65. The van der Waals surface area contributed by atoms with Gasteiger partial charge in [0.2, 0.25) is 0 Å². The van der Waals surface area contributed by atoms with Gasteiger partial charge in [-0.05, 0) is 36.1 Å². The minimum Gasteiger partial charge on any atom is -0.326 e. The zero-order valence-electron chi connectivity index (χ0n) is 11.7. The average Bonchev–Trinajstić information content (AvgIpc) is 2.74. The first-order valence-corrected chi connectivity index (χ1v) is 7.03. The molecule has 0 fully saturated rings. The van der Waals surface area contributed by atoms with Gasteiger partial charge in [0.1, 0.15) is 0 Å². The van der Waals surface area contributed by atoms with E-state index in [-0.39, 0.29) is 0 Å². The molecule has 2 aromatic rings. The highest BCUT2D eigenvalue weighted by atomic mass is 35.5.